The minimum Gasteiger partial charge on any atom is -0.364 e. The fourth-order valence-corrected chi connectivity index (χ4v) is 1.88. The molecule has 3 rings (SSSR count). The van der Waals surface area contributed by atoms with Gasteiger partial charge in [-0.05, 0) is 24.4 Å². The third kappa shape index (κ3) is 1.43. The maximum atomic E-state index is 5.24. The number of aromatic amines is 1. The number of aromatic nitrogens is 4. The van der Waals surface area contributed by atoms with Gasteiger partial charge in [0.1, 0.15) is 12.0 Å². The molecule has 6 heteroatoms. The van der Waals surface area contributed by atoms with Crippen LogP contribution in [0.1, 0.15) is 5.69 Å². The van der Waals surface area contributed by atoms with Crippen molar-refractivity contribution in [3.63, 3.8) is 0 Å². The number of rotatable bonds is 2. The molecule has 0 spiro atoms. The molecule has 0 bridgehead atoms. The normalized spacial score (nSPS) is 11.0. The summed E-state index contributed by atoms with van der Waals surface area (Å²) in [6, 6.07) is 5.62. The first-order chi connectivity index (χ1) is 7.84. The number of nitrogens with zero attached hydrogens (tertiary/aromatic N) is 3. The van der Waals surface area contributed by atoms with E-state index in [0.717, 1.165) is 16.9 Å². The SMILES string of the molecule is S=c1[nH]c2cccnc2n1Cc1ccon1. The zero-order chi connectivity index (χ0) is 11.0. The van der Waals surface area contributed by atoms with Gasteiger partial charge in [0, 0.05) is 12.3 Å². The van der Waals surface area contributed by atoms with Crippen molar-refractivity contribution in [1.29, 1.82) is 0 Å². The number of H-pyrrole nitrogens is 1. The molecule has 0 atom stereocenters. The van der Waals surface area contributed by atoms with Crippen LogP contribution in [0.25, 0.3) is 11.2 Å². The van der Waals surface area contributed by atoms with Gasteiger partial charge in [0.15, 0.2) is 10.4 Å². The van der Waals surface area contributed by atoms with Gasteiger partial charge in [-0.3, -0.25) is 4.57 Å². The smallest absolute Gasteiger partial charge is 0.179 e. The van der Waals surface area contributed by atoms with E-state index in [-0.39, 0.29) is 0 Å². The Morgan fingerprint density at radius 3 is 3.19 bits per heavy atom. The summed E-state index contributed by atoms with van der Waals surface area (Å²) in [6.07, 6.45) is 3.28. The van der Waals surface area contributed by atoms with Crippen LogP contribution in [-0.4, -0.2) is 19.7 Å². The lowest BCUT2D eigenvalue weighted by Gasteiger charge is -1.99. The molecule has 0 unspecified atom stereocenters. The van der Waals surface area contributed by atoms with Crippen LogP contribution < -0.4 is 0 Å². The summed E-state index contributed by atoms with van der Waals surface area (Å²) < 4.78 is 7.31. The lowest BCUT2D eigenvalue weighted by molar-refractivity contribution is 0.410. The molecule has 0 saturated carbocycles. The quantitative estimate of drug-likeness (QED) is 0.687. The van der Waals surface area contributed by atoms with Gasteiger partial charge in [-0.1, -0.05) is 5.16 Å². The molecule has 0 aliphatic heterocycles. The average Bonchev–Trinajstić information content (AvgIpc) is 2.89. The standard InChI is InChI=1S/C10H8N4OS/c16-10-12-8-2-1-4-11-9(8)14(10)6-7-3-5-15-13-7/h1-5H,6H2,(H,12,16). The predicted octanol–water partition coefficient (Wildman–Crippen LogP) is 2.13. The van der Waals surface area contributed by atoms with Crippen molar-refractivity contribution in [1.82, 2.24) is 19.7 Å². The Balaban J connectivity index is 2.16. The molecule has 1 N–H and O–H groups in total. The van der Waals surface area contributed by atoms with Crippen LogP contribution in [-0.2, 0) is 6.54 Å². The third-order valence-electron chi connectivity index (χ3n) is 2.34. The molecule has 5 nitrogen and oxygen atoms in total. The predicted molar refractivity (Wildman–Crippen MR) is 60.5 cm³/mol. The largest absolute Gasteiger partial charge is 0.364 e. The van der Waals surface area contributed by atoms with Gasteiger partial charge < -0.3 is 9.51 Å². The number of hydrogen-bond donors (Lipinski definition) is 1. The molecular formula is C10H8N4OS. The first kappa shape index (κ1) is 9.29. The highest BCUT2D eigenvalue weighted by atomic mass is 32.1. The van der Waals surface area contributed by atoms with Crippen molar-refractivity contribution >= 4 is 23.4 Å². The summed E-state index contributed by atoms with van der Waals surface area (Å²) in [4.78, 5) is 7.39. The maximum absolute atomic E-state index is 5.24. The van der Waals surface area contributed by atoms with Gasteiger partial charge in [0.2, 0.25) is 0 Å². The van der Waals surface area contributed by atoms with E-state index >= 15 is 0 Å². The van der Waals surface area contributed by atoms with Crippen LogP contribution in [0.5, 0.6) is 0 Å². The van der Waals surface area contributed by atoms with Gasteiger partial charge in [0.25, 0.3) is 0 Å². The van der Waals surface area contributed by atoms with E-state index < -0.39 is 0 Å². The molecule has 16 heavy (non-hydrogen) atoms. The highest BCUT2D eigenvalue weighted by Gasteiger charge is 2.06. The van der Waals surface area contributed by atoms with Crippen molar-refractivity contribution in [2.24, 2.45) is 0 Å². The number of pyridine rings is 1. The second kappa shape index (κ2) is 3.57. The minimum absolute atomic E-state index is 0.562. The molecule has 0 aliphatic carbocycles. The Bertz CT molecular complexity index is 668. The molecule has 0 aromatic carbocycles. The highest BCUT2D eigenvalue weighted by molar-refractivity contribution is 7.71. The summed E-state index contributed by atoms with van der Waals surface area (Å²) in [5, 5.41) is 3.86. The molecular weight excluding hydrogens is 224 g/mol. The Labute approximate surface area is 95.7 Å². The van der Waals surface area contributed by atoms with Crippen molar-refractivity contribution in [3.05, 3.63) is 41.1 Å². The van der Waals surface area contributed by atoms with Crippen LogP contribution in [0.2, 0.25) is 0 Å². The van der Waals surface area contributed by atoms with Crippen molar-refractivity contribution < 1.29 is 4.52 Å². The van der Waals surface area contributed by atoms with Crippen molar-refractivity contribution in [2.45, 2.75) is 6.54 Å². The number of hydrogen-bond acceptors (Lipinski definition) is 4. The van der Waals surface area contributed by atoms with Crippen LogP contribution in [0.4, 0.5) is 0 Å². The molecule has 0 amide bonds. The van der Waals surface area contributed by atoms with E-state index in [1.54, 1.807) is 12.5 Å². The van der Waals surface area contributed by atoms with Gasteiger partial charge in [-0.15, -0.1) is 0 Å². The van der Waals surface area contributed by atoms with E-state index in [1.807, 2.05) is 22.8 Å². The average molecular weight is 232 g/mol. The lowest BCUT2D eigenvalue weighted by Crippen LogP contribution is -2.00. The van der Waals surface area contributed by atoms with Gasteiger partial charge in [-0.2, -0.15) is 0 Å². The zero-order valence-corrected chi connectivity index (χ0v) is 9.07. The van der Waals surface area contributed by atoms with Crippen molar-refractivity contribution in [2.75, 3.05) is 0 Å². The van der Waals surface area contributed by atoms with E-state index in [9.17, 15) is 0 Å². The van der Waals surface area contributed by atoms with Gasteiger partial charge >= 0.3 is 0 Å². The van der Waals surface area contributed by atoms with Crippen LogP contribution >= 0.6 is 12.2 Å². The number of nitrogens with one attached hydrogen (secondary N) is 1. The molecule has 3 aromatic heterocycles. The van der Waals surface area contributed by atoms with Crippen molar-refractivity contribution in [3.8, 4) is 0 Å². The maximum Gasteiger partial charge on any atom is 0.179 e. The topological polar surface area (TPSA) is 59.6 Å². The molecule has 0 fully saturated rings. The van der Waals surface area contributed by atoms with Gasteiger partial charge in [0.05, 0.1) is 12.1 Å². The van der Waals surface area contributed by atoms with E-state index in [0.29, 0.717) is 11.3 Å². The second-order valence-electron chi connectivity index (χ2n) is 3.38. The Morgan fingerprint density at radius 2 is 2.38 bits per heavy atom. The summed E-state index contributed by atoms with van der Waals surface area (Å²) in [6.45, 7) is 0.562. The highest BCUT2D eigenvalue weighted by Crippen LogP contribution is 2.12. The molecule has 3 heterocycles. The molecule has 0 saturated heterocycles. The minimum atomic E-state index is 0.562. The number of fused-ring (bicyclic) bond motifs is 1. The van der Waals surface area contributed by atoms with Crippen LogP contribution in [0.3, 0.4) is 0 Å². The van der Waals surface area contributed by atoms with E-state index in [4.69, 9.17) is 16.7 Å². The molecule has 0 aliphatic rings. The second-order valence-corrected chi connectivity index (χ2v) is 3.77. The molecule has 3 aromatic rings. The Hall–Kier alpha value is -1.95. The van der Waals surface area contributed by atoms with Crippen LogP contribution in [0, 0.1) is 4.77 Å². The zero-order valence-electron chi connectivity index (χ0n) is 8.25. The molecule has 80 valence electrons. The fourth-order valence-electron chi connectivity index (χ4n) is 1.62. The monoisotopic (exact) mass is 232 g/mol. The summed E-state index contributed by atoms with van der Waals surface area (Å²) in [5.41, 5.74) is 2.58. The molecule has 0 radical (unpaired) electrons. The fraction of sp³-hybridized carbons (Fsp3) is 0.100. The first-order valence-electron chi connectivity index (χ1n) is 4.77. The number of imidazole rings is 1. The summed E-state index contributed by atoms with van der Waals surface area (Å²) in [5.74, 6) is 0. The summed E-state index contributed by atoms with van der Waals surface area (Å²) >= 11 is 5.24. The lowest BCUT2D eigenvalue weighted by atomic mass is 10.4. The van der Waals surface area contributed by atoms with E-state index in [2.05, 4.69) is 15.1 Å². The first-order valence-corrected chi connectivity index (χ1v) is 5.18. The Kier molecular flexibility index (Phi) is 2.07. The summed E-state index contributed by atoms with van der Waals surface area (Å²) in [7, 11) is 0. The van der Waals surface area contributed by atoms with Gasteiger partial charge in [-0.25, -0.2) is 4.98 Å². The third-order valence-corrected chi connectivity index (χ3v) is 2.66. The van der Waals surface area contributed by atoms with Crippen LogP contribution in [0.15, 0.2) is 35.2 Å². The Morgan fingerprint density at radius 1 is 1.44 bits per heavy atom. The van der Waals surface area contributed by atoms with E-state index in [1.165, 1.54) is 0 Å².